The van der Waals surface area contributed by atoms with Crippen molar-refractivity contribution in [3.05, 3.63) is 66.3 Å². The largest absolute Gasteiger partial charge is 0.444 e. The van der Waals surface area contributed by atoms with Gasteiger partial charge < -0.3 is 19.1 Å². The van der Waals surface area contributed by atoms with Crippen molar-refractivity contribution >= 4 is 34.5 Å². The molecule has 0 unspecified atom stereocenters. The summed E-state index contributed by atoms with van der Waals surface area (Å²) in [5.74, 6) is 0.832. The van der Waals surface area contributed by atoms with Crippen molar-refractivity contribution in [2.75, 3.05) is 31.1 Å². The number of piperazine rings is 1. The zero-order valence-electron chi connectivity index (χ0n) is 20.0. The molecule has 0 saturated carbocycles. The van der Waals surface area contributed by atoms with Gasteiger partial charge in [-0.3, -0.25) is 4.98 Å². The molecule has 35 heavy (non-hydrogen) atoms. The molecule has 5 rings (SSSR count). The number of rotatable bonds is 3. The number of hydrogen-bond donors (Lipinski definition) is 0. The lowest BCUT2D eigenvalue weighted by molar-refractivity contribution is 0.0240. The van der Waals surface area contributed by atoms with Gasteiger partial charge in [0, 0.05) is 66.6 Å². The molecule has 1 fully saturated rings. The van der Waals surface area contributed by atoms with E-state index < -0.39 is 5.60 Å². The highest BCUT2D eigenvalue weighted by atomic mass is 35.5. The average Bonchev–Trinajstić information content (AvgIpc) is 3.24. The van der Waals surface area contributed by atoms with Crippen LogP contribution < -0.4 is 4.90 Å². The van der Waals surface area contributed by atoms with Gasteiger partial charge in [-0.2, -0.15) is 0 Å². The highest BCUT2D eigenvalue weighted by Crippen LogP contribution is 2.37. The molecule has 9 heteroatoms. The maximum atomic E-state index is 12.5. The molecule has 1 saturated heterocycles. The van der Waals surface area contributed by atoms with E-state index in [4.69, 9.17) is 21.3 Å². The van der Waals surface area contributed by atoms with E-state index in [0.29, 0.717) is 31.2 Å². The monoisotopic (exact) mass is 490 g/mol. The van der Waals surface area contributed by atoms with Crippen LogP contribution in [0.4, 0.5) is 10.6 Å². The summed E-state index contributed by atoms with van der Waals surface area (Å²) in [5, 5.41) is 1.59. The summed E-state index contributed by atoms with van der Waals surface area (Å²) >= 11 is 6.30. The Morgan fingerprint density at radius 3 is 2.54 bits per heavy atom. The Bertz CT molecular complexity index is 1360. The number of nitrogens with zero attached hydrogens (tertiary/aromatic N) is 6. The van der Waals surface area contributed by atoms with Crippen LogP contribution in [0.3, 0.4) is 0 Å². The summed E-state index contributed by atoms with van der Waals surface area (Å²) in [7, 11) is 0. The molecule has 4 heterocycles. The molecule has 0 spiro atoms. The molecule has 0 radical (unpaired) electrons. The van der Waals surface area contributed by atoms with E-state index in [1.807, 2.05) is 67.9 Å². The summed E-state index contributed by atoms with van der Waals surface area (Å²) in [4.78, 5) is 30.1. The topological polar surface area (TPSA) is 76.4 Å². The third-order valence-corrected chi connectivity index (χ3v) is 6.09. The number of amides is 1. The third kappa shape index (κ3) is 4.79. The Balaban J connectivity index is 1.54. The Morgan fingerprint density at radius 2 is 1.86 bits per heavy atom. The third-order valence-electron chi connectivity index (χ3n) is 5.85. The minimum atomic E-state index is -0.519. The van der Waals surface area contributed by atoms with Gasteiger partial charge >= 0.3 is 6.09 Å². The number of aromatic nitrogens is 4. The summed E-state index contributed by atoms with van der Waals surface area (Å²) in [5.41, 5.74) is 3.14. The van der Waals surface area contributed by atoms with E-state index >= 15 is 0 Å². The van der Waals surface area contributed by atoms with Gasteiger partial charge in [-0.1, -0.05) is 23.7 Å². The van der Waals surface area contributed by atoms with Crippen LogP contribution >= 0.6 is 11.6 Å². The number of halogens is 1. The molecule has 4 aromatic rings. The lowest BCUT2D eigenvalue weighted by Gasteiger charge is -2.36. The SMILES string of the molecule is CC(C)(C)OC(=O)N1CCN(c2ncnc3c2c(-c2cccnc2)cn3-c2cccc(Cl)c2)CC1. The van der Waals surface area contributed by atoms with Gasteiger partial charge in [-0.05, 0) is 45.0 Å². The van der Waals surface area contributed by atoms with Gasteiger partial charge in [0.25, 0.3) is 0 Å². The normalized spacial score (nSPS) is 14.4. The first-order chi connectivity index (χ1) is 16.8. The first kappa shape index (κ1) is 23.1. The van der Waals surface area contributed by atoms with Crippen molar-refractivity contribution in [2.24, 2.45) is 0 Å². The zero-order valence-corrected chi connectivity index (χ0v) is 20.7. The average molecular weight is 491 g/mol. The second kappa shape index (κ2) is 9.19. The number of hydrogen-bond acceptors (Lipinski definition) is 6. The maximum absolute atomic E-state index is 12.5. The van der Waals surface area contributed by atoms with E-state index in [2.05, 4.69) is 21.1 Å². The van der Waals surface area contributed by atoms with Crippen LogP contribution in [0, 0.1) is 0 Å². The number of benzene rings is 1. The number of pyridine rings is 1. The summed E-state index contributed by atoms with van der Waals surface area (Å²) < 4.78 is 7.58. The molecule has 8 nitrogen and oxygen atoms in total. The zero-order chi connectivity index (χ0) is 24.6. The second-order valence-electron chi connectivity index (χ2n) is 9.48. The molecule has 0 bridgehead atoms. The fourth-order valence-corrected chi connectivity index (χ4v) is 4.46. The molecular weight excluding hydrogens is 464 g/mol. The minimum Gasteiger partial charge on any atom is -0.444 e. The number of fused-ring (bicyclic) bond motifs is 1. The van der Waals surface area contributed by atoms with Crippen LogP contribution in [0.2, 0.25) is 5.02 Å². The molecule has 1 aromatic carbocycles. The van der Waals surface area contributed by atoms with Crippen LogP contribution in [0.5, 0.6) is 0 Å². The van der Waals surface area contributed by atoms with Crippen LogP contribution in [-0.4, -0.2) is 62.3 Å². The molecule has 0 atom stereocenters. The summed E-state index contributed by atoms with van der Waals surface area (Å²) in [6.45, 7) is 8.02. The van der Waals surface area contributed by atoms with Crippen molar-refractivity contribution in [3.63, 3.8) is 0 Å². The highest BCUT2D eigenvalue weighted by molar-refractivity contribution is 6.30. The van der Waals surface area contributed by atoms with Gasteiger partial charge in [-0.25, -0.2) is 14.8 Å². The molecular formula is C26H27ClN6O2. The van der Waals surface area contributed by atoms with Crippen LogP contribution in [0.15, 0.2) is 61.3 Å². The molecule has 1 amide bonds. The molecule has 0 aliphatic carbocycles. The summed E-state index contributed by atoms with van der Waals surface area (Å²) in [6, 6.07) is 11.6. The van der Waals surface area contributed by atoms with E-state index in [1.54, 1.807) is 17.4 Å². The first-order valence-electron chi connectivity index (χ1n) is 11.6. The fraction of sp³-hybridized carbons (Fsp3) is 0.308. The number of ether oxygens (including phenoxy) is 1. The Labute approximate surface area is 209 Å². The fourth-order valence-electron chi connectivity index (χ4n) is 4.28. The van der Waals surface area contributed by atoms with Crippen molar-refractivity contribution in [1.29, 1.82) is 0 Å². The second-order valence-corrected chi connectivity index (χ2v) is 9.92. The maximum Gasteiger partial charge on any atom is 0.410 e. The van der Waals surface area contributed by atoms with Gasteiger partial charge in [0.1, 0.15) is 17.7 Å². The van der Waals surface area contributed by atoms with Crippen molar-refractivity contribution in [2.45, 2.75) is 26.4 Å². The molecule has 0 N–H and O–H groups in total. The number of carbonyl (C=O) groups excluding carboxylic acids is 1. The van der Waals surface area contributed by atoms with Gasteiger partial charge in [0.15, 0.2) is 5.65 Å². The first-order valence-corrected chi connectivity index (χ1v) is 11.9. The minimum absolute atomic E-state index is 0.284. The number of anilines is 1. The quantitative estimate of drug-likeness (QED) is 0.393. The standard InChI is InChI=1S/C26H27ClN6O2/c1-26(2,3)35-25(34)32-12-10-31(11-13-32)23-22-21(18-6-5-9-28-15-18)16-33(24(22)30-17-29-23)20-8-4-7-19(27)14-20/h4-9,14-17H,10-13H2,1-3H3. The van der Waals surface area contributed by atoms with Gasteiger partial charge in [-0.15, -0.1) is 0 Å². The van der Waals surface area contributed by atoms with Crippen LogP contribution in [0.25, 0.3) is 27.8 Å². The predicted octanol–water partition coefficient (Wildman–Crippen LogP) is 5.19. The predicted molar refractivity (Wildman–Crippen MR) is 137 cm³/mol. The van der Waals surface area contributed by atoms with E-state index in [9.17, 15) is 4.79 Å². The van der Waals surface area contributed by atoms with E-state index in [-0.39, 0.29) is 6.09 Å². The molecule has 1 aliphatic rings. The lowest BCUT2D eigenvalue weighted by Crippen LogP contribution is -2.50. The molecule has 180 valence electrons. The van der Waals surface area contributed by atoms with Crippen LogP contribution in [-0.2, 0) is 4.74 Å². The van der Waals surface area contributed by atoms with E-state index in [0.717, 1.165) is 33.7 Å². The molecule has 3 aromatic heterocycles. The van der Waals surface area contributed by atoms with Gasteiger partial charge in [0.2, 0.25) is 0 Å². The Kier molecular flexibility index (Phi) is 6.06. The van der Waals surface area contributed by atoms with Crippen molar-refractivity contribution < 1.29 is 9.53 Å². The Hall–Kier alpha value is -3.65. The van der Waals surface area contributed by atoms with Crippen molar-refractivity contribution in [1.82, 2.24) is 24.4 Å². The smallest absolute Gasteiger partial charge is 0.410 e. The Morgan fingerprint density at radius 1 is 1.06 bits per heavy atom. The van der Waals surface area contributed by atoms with Crippen LogP contribution in [0.1, 0.15) is 20.8 Å². The van der Waals surface area contributed by atoms with Crippen molar-refractivity contribution in [3.8, 4) is 16.8 Å². The highest BCUT2D eigenvalue weighted by Gasteiger charge is 2.28. The van der Waals surface area contributed by atoms with E-state index in [1.165, 1.54) is 0 Å². The number of carbonyl (C=O) groups is 1. The molecule has 1 aliphatic heterocycles. The lowest BCUT2D eigenvalue weighted by atomic mass is 10.1. The summed E-state index contributed by atoms with van der Waals surface area (Å²) in [6.07, 6.45) is 6.96. The van der Waals surface area contributed by atoms with Gasteiger partial charge in [0.05, 0.1) is 5.39 Å².